The molecule has 0 N–H and O–H groups in total. The molecule has 0 amide bonds. The minimum absolute atomic E-state index is 0.162. The molecular weight excluding hydrogens is 414 g/mol. The maximum absolute atomic E-state index is 5.86. The summed E-state index contributed by atoms with van der Waals surface area (Å²) < 4.78 is 5.86. The van der Waals surface area contributed by atoms with Crippen LogP contribution in [0, 0.1) is 0 Å². The van der Waals surface area contributed by atoms with E-state index < -0.39 is 0 Å². The first-order valence-electron chi connectivity index (χ1n) is 11.6. The minimum atomic E-state index is 0.162. The predicted octanol–water partition coefficient (Wildman–Crippen LogP) is 8.33. The van der Waals surface area contributed by atoms with Gasteiger partial charge in [0.25, 0.3) is 0 Å². The van der Waals surface area contributed by atoms with E-state index in [4.69, 9.17) is 4.74 Å². The summed E-state index contributed by atoms with van der Waals surface area (Å²) in [6.45, 7) is 0. The normalized spacial score (nSPS) is 13.7. The Labute approximate surface area is 200 Å². The molecule has 0 bridgehead atoms. The second kappa shape index (κ2) is 8.57. The minimum Gasteiger partial charge on any atom is -0.497 e. The Morgan fingerprint density at radius 2 is 1.15 bits per heavy atom. The third-order valence-electron chi connectivity index (χ3n) is 6.61. The second-order valence-corrected chi connectivity index (χ2v) is 8.55. The van der Waals surface area contributed by atoms with Gasteiger partial charge < -0.3 is 9.64 Å². The van der Waals surface area contributed by atoms with Gasteiger partial charge in [-0.25, -0.2) is 0 Å². The van der Waals surface area contributed by atoms with Crippen LogP contribution in [-0.4, -0.2) is 7.11 Å². The van der Waals surface area contributed by atoms with Crippen LogP contribution in [0.25, 0.3) is 11.1 Å². The largest absolute Gasteiger partial charge is 0.497 e. The fraction of sp³-hybridized carbons (Fsp3) is 0.0625. The maximum Gasteiger partial charge on any atom is 0.121 e. The van der Waals surface area contributed by atoms with E-state index in [0.717, 1.165) is 22.8 Å². The predicted molar refractivity (Wildman–Crippen MR) is 140 cm³/mol. The van der Waals surface area contributed by atoms with Crippen molar-refractivity contribution in [3.8, 4) is 16.9 Å². The fourth-order valence-corrected chi connectivity index (χ4v) is 5.17. The van der Waals surface area contributed by atoms with Crippen molar-refractivity contribution < 1.29 is 4.74 Å². The van der Waals surface area contributed by atoms with E-state index in [9.17, 15) is 0 Å². The summed E-state index contributed by atoms with van der Waals surface area (Å²) in [7, 11) is 1.75. The third-order valence-corrected chi connectivity index (χ3v) is 6.61. The molecule has 1 atom stereocenters. The maximum atomic E-state index is 5.86. The molecule has 164 valence electrons. The van der Waals surface area contributed by atoms with Crippen LogP contribution in [0.5, 0.6) is 5.75 Å². The topological polar surface area (TPSA) is 12.5 Å². The number of para-hydroxylation sites is 2. The smallest absolute Gasteiger partial charge is 0.121 e. The number of fused-ring (bicyclic) bond motifs is 3. The standard InChI is InChI=1S/C32H25NO/c1-34-26-21-29-31(23-13-5-2-6-14-23)27-19-11-12-20-28(27)32(29)30(22-26)33(24-15-7-3-8-16-24)25-17-9-4-10-18-25/h2-22,31H,1H3. The van der Waals surface area contributed by atoms with Crippen molar-refractivity contribution in [1.29, 1.82) is 0 Å². The first-order chi connectivity index (χ1) is 16.8. The molecule has 0 radical (unpaired) electrons. The quantitative estimate of drug-likeness (QED) is 0.268. The summed E-state index contributed by atoms with van der Waals surface area (Å²) in [6, 6.07) is 45.1. The third kappa shape index (κ3) is 3.36. The molecule has 0 heterocycles. The van der Waals surface area contributed by atoms with Gasteiger partial charge in [-0.05, 0) is 52.6 Å². The lowest BCUT2D eigenvalue weighted by Gasteiger charge is -2.28. The van der Waals surface area contributed by atoms with Crippen LogP contribution in [0.1, 0.15) is 22.6 Å². The second-order valence-electron chi connectivity index (χ2n) is 8.55. The number of rotatable bonds is 5. The molecule has 0 saturated carbocycles. The number of benzene rings is 5. The molecule has 2 nitrogen and oxygen atoms in total. The first kappa shape index (κ1) is 20.3. The van der Waals surface area contributed by atoms with Crippen molar-refractivity contribution >= 4 is 17.1 Å². The molecular formula is C32H25NO. The van der Waals surface area contributed by atoms with E-state index in [-0.39, 0.29) is 5.92 Å². The van der Waals surface area contributed by atoms with Crippen molar-refractivity contribution in [2.75, 3.05) is 12.0 Å². The zero-order chi connectivity index (χ0) is 22.9. The Morgan fingerprint density at radius 1 is 0.588 bits per heavy atom. The molecule has 34 heavy (non-hydrogen) atoms. The lowest BCUT2D eigenvalue weighted by molar-refractivity contribution is 0.414. The lowest BCUT2D eigenvalue weighted by Crippen LogP contribution is -2.11. The van der Waals surface area contributed by atoms with Crippen molar-refractivity contribution in [3.63, 3.8) is 0 Å². The zero-order valence-electron chi connectivity index (χ0n) is 19.1. The van der Waals surface area contributed by atoms with E-state index in [2.05, 4.69) is 132 Å². The Kier molecular flexibility index (Phi) is 5.12. The van der Waals surface area contributed by atoms with Gasteiger partial charge in [-0.15, -0.1) is 0 Å². The van der Waals surface area contributed by atoms with Gasteiger partial charge in [0.05, 0.1) is 12.8 Å². The number of ether oxygens (including phenoxy) is 1. The average molecular weight is 440 g/mol. The summed E-state index contributed by atoms with van der Waals surface area (Å²) in [4.78, 5) is 2.34. The van der Waals surface area contributed by atoms with Crippen LogP contribution >= 0.6 is 0 Å². The van der Waals surface area contributed by atoms with Gasteiger partial charge in [0, 0.05) is 28.9 Å². The highest BCUT2D eigenvalue weighted by molar-refractivity contribution is 5.95. The van der Waals surface area contributed by atoms with Crippen molar-refractivity contribution in [2.45, 2.75) is 5.92 Å². The molecule has 1 aliphatic carbocycles. The van der Waals surface area contributed by atoms with Crippen molar-refractivity contribution in [3.05, 3.63) is 144 Å². The monoisotopic (exact) mass is 439 g/mol. The summed E-state index contributed by atoms with van der Waals surface area (Å²) in [5.41, 5.74) is 9.79. The Hall–Kier alpha value is -4.30. The number of methoxy groups -OCH3 is 1. The van der Waals surface area contributed by atoms with Gasteiger partial charge in [0.1, 0.15) is 5.75 Å². The number of hydrogen-bond acceptors (Lipinski definition) is 2. The number of anilines is 3. The molecule has 5 aromatic carbocycles. The Morgan fingerprint density at radius 3 is 1.76 bits per heavy atom. The van der Waals surface area contributed by atoms with Gasteiger partial charge in [0.2, 0.25) is 0 Å². The van der Waals surface area contributed by atoms with Gasteiger partial charge in [0.15, 0.2) is 0 Å². The van der Waals surface area contributed by atoms with E-state index in [0.29, 0.717) is 0 Å². The summed E-state index contributed by atoms with van der Waals surface area (Å²) in [5.74, 6) is 1.02. The molecule has 6 rings (SSSR count). The molecule has 5 aromatic rings. The van der Waals surface area contributed by atoms with Crippen LogP contribution < -0.4 is 9.64 Å². The van der Waals surface area contributed by atoms with E-state index in [1.807, 2.05) is 0 Å². The summed E-state index contributed by atoms with van der Waals surface area (Å²) in [6.07, 6.45) is 0. The van der Waals surface area contributed by atoms with E-state index in [1.165, 1.54) is 27.8 Å². The molecule has 0 saturated heterocycles. The molecule has 1 aliphatic rings. The number of hydrogen-bond donors (Lipinski definition) is 0. The molecule has 0 spiro atoms. The van der Waals surface area contributed by atoms with Crippen LogP contribution in [0.3, 0.4) is 0 Å². The molecule has 0 aromatic heterocycles. The molecule has 0 fully saturated rings. The first-order valence-corrected chi connectivity index (χ1v) is 11.6. The highest BCUT2D eigenvalue weighted by Crippen LogP contribution is 2.54. The van der Waals surface area contributed by atoms with Gasteiger partial charge >= 0.3 is 0 Å². The van der Waals surface area contributed by atoms with Gasteiger partial charge in [-0.1, -0.05) is 91.0 Å². The van der Waals surface area contributed by atoms with Crippen LogP contribution in [0.2, 0.25) is 0 Å². The van der Waals surface area contributed by atoms with Gasteiger partial charge in [-0.2, -0.15) is 0 Å². The SMILES string of the molecule is COc1cc2c(c(N(c3ccccc3)c3ccccc3)c1)-c1ccccc1C2c1ccccc1. The average Bonchev–Trinajstić information content (AvgIpc) is 3.25. The summed E-state index contributed by atoms with van der Waals surface area (Å²) in [5, 5.41) is 0. The van der Waals surface area contributed by atoms with E-state index in [1.54, 1.807) is 7.11 Å². The van der Waals surface area contributed by atoms with Crippen molar-refractivity contribution in [1.82, 2.24) is 0 Å². The van der Waals surface area contributed by atoms with E-state index >= 15 is 0 Å². The van der Waals surface area contributed by atoms with Gasteiger partial charge in [-0.3, -0.25) is 0 Å². The fourth-order valence-electron chi connectivity index (χ4n) is 5.17. The number of nitrogens with zero attached hydrogens (tertiary/aromatic N) is 1. The van der Waals surface area contributed by atoms with Crippen LogP contribution in [-0.2, 0) is 0 Å². The molecule has 0 aliphatic heterocycles. The highest BCUT2D eigenvalue weighted by atomic mass is 16.5. The lowest BCUT2D eigenvalue weighted by atomic mass is 9.89. The zero-order valence-corrected chi connectivity index (χ0v) is 19.1. The summed E-state index contributed by atoms with van der Waals surface area (Å²) >= 11 is 0. The molecule has 1 unspecified atom stereocenters. The van der Waals surface area contributed by atoms with Crippen LogP contribution in [0.4, 0.5) is 17.1 Å². The molecule has 2 heteroatoms. The van der Waals surface area contributed by atoms with Crippen LogP contribution in [0.15, 0.2) is 127 Å². The van der Waals surface area contributed by atoms with Crippen molar-refractivity contribution in [2.24, 2.45) is 0 Å². The Balaban J connectivity index is 1.68. The Bertz CT molecular complexity index is 1390. The highest BCUT2D eigenvalue weighted by Gasteiger charge is 2.34.